The molecular weight excluding hydrogens is 488 g/mol. The van der Waals surface area contributed by atoms with E-state index in [9.17, 15) is 24.3 Å². The van der Waals surface area contributed by atoms with Gasteiger partial charge in [-0.1, -0.05) is 56.7 Å². The van der Waals surface area contributed by atoms with Crippen molar-refractivity contribution in [3.05, 3.63) is 65.6 Å². The number of hydrogen-bond acceptors (Lipinski definition) is 8. The molecule has 0 unspecified atom stereocenters. The Morgan fingerprint density at radius 2 is 1.89 bits per heavy atom. The molecular formula is C29H36N2O7. The van der Waals surface area contributed by atoms with Crippen LogP contribution in [0.4, 0.5) is 0 Å². The van der Waals surface area contributed by atoms with Gasteiger partial charge in [0.25, 0.3) is 5.91 Å². The van der Waals surface area contributed by atoms with Crippen LogP contribution in [0.1, 0.15) is 69.8 Å². The third kappa shape index (κ3) is 7.95. The first-order valence-corrected chi connectivity index (χ1v) is 13.0. The average molecular weight is 525 g/mol. The molecule has 204 valence electrons. The first kappa shape index (κ1) is 29.0. The quantitative estimate of drug-likeness (QED) is 0.548. The second kappa shape index (κ2) is 13.3. The Hall–Kier alpha value is -3.59. The van der Waals surface area contributed by atoms with Crippen LogP contribution in [0.15, 0.2) is 58.4 Å². The van der Waals surface area contributed by atoms with E-state index in [1.165, 1.54) is 11.0 Å². The number of amides is 1. The Bertz CT molecular complexity index is 1170. The SMILES string of the molecule is CC1=C[C@@H](O)CC(=O)Cc2nc(co2)C(=O)N2CCC=C2C(=O)O[C@H](C(C)C)[C@H](C)/C=C/C(=O)CCC=C1. The number of ether oxygens (including phenoxy) is 1. The molecule has 0 fully saturated rings. The molecule has 0 saturated carbocycles. The van der Waals surface area contributed by atoms with E-state index in [2.05, 4.69) is 4.98 Å². The Kier molecular flexibility index (Phi) is 10.1. The van der Waals surface area contributed by atoms with Crippen LogP contribution in [0.2, 0.25) is 0 Å². The predicted octanol–water partition coefficient (Wildman–Crippen LogP) is 3.89. The maximum Gasteiger partial charge on any atom is 0.355 e. The highest BCUT2D eigenvalue weighted by atomic mass is 16.5. The van der Waals surface area contributed by atoms with Crippen LogP contribution in [0.5, 0.6) is 0 Å². The number of esters is 1. The van der Waals surface area contributed by atoms with E-state index < -0.39 is 24.1 Å². The number of ketones is 2. The zero-order chi connectivity index (χ0) is 27.8. The molecule has 1 N–H and O–H groups in total. The molecule has 0 aliphatic carbocycles. The first-order chi connectivity index (χ1) is 18.0. The maximum absolute atomic E-state index is 13.1. The lowest BCUT2D eigenvalue weighted by molar-refractivity contribution is -0.149. The predicted molar refractivity (Wildman–Crippen MR) is 140 cm³/mol. The summed E-state index contributed by atoms with van der Waals surface area (Å²) in [6.45, 7) is 7.83. The molecule has 1 aromatic rings. The molecule has 2 aliphatic rings. The monoisotopic (exact) mass is 524 g/mol. The van der Waals surface area contributed by atoms with Crippen LogP contribution in [-0.2, 0) is 25.5 Å². The van der Waals surface area contributed by atoms with Crippen LogP contribution < -0.4 is 0 Å². The van der Waals surface area contributed by atoms with Gasteiger partial charge in [-0.25, -0.2) is 9.78 Å². The van der Waals surface area contributed by atoms with E-state index >= 15 is 0 Å². The van der Waals surface area contributed by atoms with Gasteiger partial charge in [0.15, 0.2) is 11.5 Å². The second-order valence-corrected chi connectivity index (χ2v) is 10.1. The highest BCUT2D eigenvalue weighted by molar-refractivity contribution is 6.00. The van der Waals surface area contributed by atoms with E-state index in [4.69, 9.17) is 9.15 Å². The van der Waals surface area contributed by atoms with Gasteiger partial charge in [-0.3, -0.25) is 14.4 Å². The Balaban J connectivity index is 1.86. The zero-order valence-electron chi connectivity index (χ0n) is 22.4. The van der Waals surface area contributed by atoms with E-state index in [0.717, 1.165) is 11.8 Å². The summed E-state index contributed by atoms with van der Waals surface area (Å²) < 4.78 is 11.2. The summed E-state index contributed by atoms with van der Waals surface area (Å²) in [5.41, 5.74) is 0.868. The lowest BCUT2D eigenvalue weighted by Gasteiger charge is -2.27. The number of fused-ring (bicyclic) bond motifs is 3. The highest BCUT2D eigenvalue weighted by Gasteiger charge is 2.33. The number of nitrogens with zero attached hydrogens (tertiary/aromatic N) is 2. The normalized spacial score (nSPS) is 25.6. The van der Waals surface area contributed by atoms with Crippen molar-refractivity contribution in [3.63, 3.8) is 0 Å². The summed E-state index contributed by atoms with van der Waals surface area (Å²) in [5, 5.41) is 10.3. The molecule has 38 heavy (non-hydrogen) atoms. The highest BCUT2D eigenvalue weighted by Crippen LogP contribution is 2.24. The number of Topliss-reactive ketones (excluding diaryl/α,β-unsaturated/α-hetero) is 1. The van der Waals surface area contributed by atoms with E-state index in [-0.39, 0.29) is 60.1 Å². The van der Waals surface area contributed by atoms with Gasteiger partial charge < -0.3 is 19.2 Å². The minimum Gasteiger partial charge on any atom is -0.457 e. The summed E-state index contributed by atoms with van der Waals surface area (Å²) in [4.78, 5) is 56.5. The smallest absolute Gasteiger partial charge is 0.355 e. The summed E-state index contributed by atoms with van der Waals surface area (Å²) in [6.07, 6.45) is 10.8. The standard InChI is InChI=1S/C29H36N2O7/c1-18(2)27-20(4)11-12-21(32)9-6-5-8-19(3)14-22(33)15-23(34)16-26-30-24(17-37-26)28(35)31-13-7-10-25(31)29(36)38-27/h5,8,10-12,14,17-18,20,22,27,33H,6-7,9,13,15-16H2,1-4H3/b8-5?,12-11+,19-14?/t20-,22-,27-/m1/s1. The van der Waals surface area contributed by atoms with Crippen LogP contribution in [0, 0.1) is 11.8 Å². The summed E-state index contributed by atoms with van der Waals surface area (Å²) in [5.74, 6) is -1.71. The van der Waals surface area contributed by atoms with Crippen molar-refractivity contribution in [2.45, 2.75) is 72.0 Å². The van der Waals surface area contributed by atoms with Crippen molar-refractivity contribution in [1.82, 2.24) is 9.88 Å². The second-order valence-electron chi connectivity index (χ2n) is 10.1. The third-order valence-corrected chi connectivity index (χ3v) is 6.39. The van der Waals surface area contributed by atoms with Crippen LogP contribution in [0.3, 0.4) is 0 Å². The van der Waals surface area contributed by atoms with E-state index in [1.807, 2.05) is 26.8 Å². The number of rotatable bonds is 1. The van der Waals surface area contributed by atoms with Crippen LogP contribution >= 0.6 is 0 Å². The van der Waals surface area contributed by atoms with Crippen molar-refractivity contribution in [2.24, 2.45) is 11.8 Å². The number of carbonyl (C=O) groups is 4. The summed E-state index contributed by atoms with van der Waals surface area (Å²) in [6, 6.07) is 0. The number of carbonyl (C=O) groups excluding carboxylic acids is 4. The van der Waals surface area contributed by atoms with Crippen LogP contribution in [0.25, 0.3) is 0 Å². The van der Waals surface area contributed by atoms with E-state index in [0.29, 0.717) is 19.3 Å². The summed E-state index contributed by atoms with van der Waals surface area (Å²) >= 11 is 0. The van der Waals surface area contributed by atoms with Gasteiger partial charge >= 0.3 is 5.97 Å². The fourth-order valence-corrected chi connectivity index (χ4v) is 4.47. The molecule has 0 radical (unpaired) electrons. The molecule has 3 rings (SSSR count). The van der Waals surface area contributed by atoms with Crippen molar-refractivity contribution >= 4 is 23.4 Å². The minimum atomic E-state index is -0.993. The van der Waals surface area contributed by atoms with E-state index in [1.54, 1.807) is 31.2 Å². The van der Waals surface area contributed by atoms with Crippen LogP contribution in [-0.4, -0.2) is 57.2 Å². The molecule has 2 bridgehead atoms. The van der Waals surface area contributed by atoms with Gasteiger partial charge in [-0.05, 0) is 31.8 Å². The Labute approximate surface area is 222 Å². The number of aromatic nitrogens is 1. The summed E-state index contributed by atoms with van der Waals surface area (Å²) in [7, 11) is 0. The van der Waals surface area contributed by atoms with Crippen molar-refractivity contribution in [1.29, 1.82) is 0 Å². The molecule has 3 atom stereocenters. The number of aliphatic hydroxyl groups excluding tert-OH is 1. The lowest BCUT2D eigenvalue weighted by Crippen LogP contribution is -2.36. The molecule has 0 aromatic carbocycles. The number of hydrogen-bond donors (Lipinski definition) is 1. The van der Waals surface area contributed by atoms with Gasteiger partial charge in [0.2, 0.25) is 5.89 Å². The lowest BCUT2D eigenvalue weighted by atomic mass is 9.93. The molecule has 0 saturated heterocycles. The molecule has 1 aromatic heterocycles. The largest absolute Gasteiger partial charge is 0.457 e. The van der Waals surface area contributed by atoms with Crippen molar-refractivity contribution < 1.29 is 33.4 Å². The molecule has 3 heterocycles. The Morgan fingerprint density at radius 3 is 2.63 bits per heavy atom. The topological polar surface area (TPSA) is 127 Å². The van der Waals surface area contributed by atoms with Gasteiger partial charge in [0.05, 0.1) is 12.5 Å². The molecule has 2 aliphatic heterocycles. The number of allylic oxidation sites excluding steroid dienone is 4. The number of aliphatic hydroxyl groups is 1. The molecule has 9 nitrogen and oxygen atoms in total. The van der Waals surface area contributed by atoms with Crippen molar-refractivity contribution in [2.75, 3.05) is 6.54 Å². The minimum absolute atomic E-state index is 0.0246. The molecule has 0 spiro atoms. The number of oxazole rings is 1. The molecule has 1 amide bonds. The fraction of sp³-hybridized carbons (Fsp3) is 0.483. The van der Waals surface area contributed by atoms with Gasteiger partial charge in [0.1, 0.15) is 23.8 Å². The fourth-order valence-electron chi connectivity index (χ4n) is 4.47. The van der Waals surface area contributed by atoms with Crippen molar-refractivity contribution in [3.8, 4) is 0 Å². The van der Waals surface area contributed by atoms with Gasteiger partial charge in [-0.15, -0.1) is 0 Å². The average Bonchev–Trinajstić information content (AvgIpc) is 3.52. The zero-order valence-corrected chi connectivity index (χ0v) is 22.4. The Morgan fingerprint density at radius 1 is 1.13 bits per heavy atom. The molecule has 9 heteroatoms. The third-order valence-electron chi connectivity index (χ3n) is 6.39. The maximum atomic E-state index is 13.1. The van der Waals surface area contributed by atoms with Gasteiger partial charge in [0, 0.05) is 25.3 Å². The first-order valence-electron chi connectivity index (χ1n) is 13.0. The number of cyclic esters (lactones) is 1. The van der Waals surface area contributed by atoms with Gasteiger partial charge in [-0.2, -0.15) is 0 Å².